The van der Waals surface area contributed by atoms with E-state index in [4.69, 9.17) is 0 Å². The Labute approximate surface area is 111 Å². The number of halogens is 3. The average molecular weight is 315 g/mol. The SMILES string of the molecule is Fc1cc(F)cc(SCc2ccccc2Br)c1. The van der Waals surface area contributed by atoms with Gasteiger partial charge < -0.3 is 0 Å². The van der Waals surface area contributed by atoms with Crippen LogP contribution in [0.4, 0.5) is 8.78 Å². The monoisotopic (exact) mass is 314 g/mol. The van der Waals surface area contributed by atoms with Crippen molar-refractivity contribution >= 4 is 27.7 Å². The molecule has 2 aromatic carbocycles. The topological polar surface area (TPSA) is 0 Å². The molecule has 0 amide bonds. The van der Waals surface area contributed by atoms with Gasteiger partial charge in [-0.2, -0.15) is 0 Å². The molecular weight excluding hydrogens is 306 g/mol. The van der Waals surface area contributed by atoms with Crippen LogP contribution in [-0.4, -0.2) is 0 Å². The largest absolute Gasteiger partial charge is 0.207 e. The Morgan fingerprint density at radius 1 is 1.00 bits per heavy atom. The summed E-state index contributed by atoms with van der Waals surface area (Å²) in [6.07, 6.45) is 0. The van der Waals surface area contributed by atoms with Gasteiger partial charge in [-0.05, 0) is 23.8 Å². The second-order valence-electron chi connectivity index (χ2n) is 3.49. The van der Waals surface area contributed by atoms with Crippen LogP contribution in [0.1, 0.15) is 5.56 Å². The number of hydrogen-bond acceptors (Lipinski definition) is 1. The first-order valence-electron chi connectivity index (χ1n) is 4.97. The minimum absolute atomic E-state index is 0.542. The zero-order valence-corrected chi connectivity index (χ0v) is 11.2. The second kappa shape index (κ2) is 5.65. The summed E-state index contributed by atoms with van der Waals surface area (Å²) in [5.74, 6) is -0.413. The summed E-state index contributed by atoms with van der Waals surface area (Å²) in [5.41, 5.74) is 1.10. The second-order valence-corrected chi connectivity index (χ2v) is 5.39. The third-order valence-corrected chi connectivity index (χ3v) is 3.99. The Balaban J connectivity index is 2.10. The third kappa shape index (κ3) is 3.54. The van der Waals surface area contributed by atoms with Gasteiger partial charge in [0.15, 0.2) is 0 Å². The molecule has 4 heteroatoms. The fraction of sp³-hybridized carbons (Fsp3) is 0.0769. The van der Waals surface area contributed by atoms with E-state index in [-0.39, 0.29) is 0 Å². The lowest BCUT2D eigenvalue weighted by atomic mass is 10.2. The van der Waals surface area contributed by atoms with E-state index in [2.05, 4.69) is 15.9 Å². The molecule has 0 nitrogen and oxygen atoms in total. The van der Waals surface area contributed by atoms with E-state index in [1.807, 2.05) is 24.3 Å². The van der Waals surface area contributed by atoms with Crippen molar-refractivity contribution in [3.8, 4) is 0 Å². The lowest BCUT2D eigenvalue weighted by Gasteiger charge is -2.04. The van der Waals surface area contributed by atoms with Crippen LogP contribution in [0.5, 0.6) is 0 Å². The van der Waals surface area contributed by atoms with Crippen molar-refractivity contribution in [3.05, 3.63) is 64.1 Å². The van der Waals surface area contributed by atoms with Crippen LogP contribution < -0.4 is 0 Å². The molecular formula is C13H9BrF2S. The molecule has 2 aromatic rings. The summed E-state index contributed by atoms with van der Waals surface area (Å²) in [4.78, 5) is 0.596. The molecule has 0 radical (unpaired) electrons. The maximum Gasteiger partial charge on any atom is 0.127 e. The highest BCUT2D eigenvalue weighted by atomic mass is 79.9. The van der Waals surface area contributed by atoms with E-state index in [9.17, 15) is 8.78 Å². The van der Waals surface area contributed by atoms with Gasteiger partial charge in [-0.1, -0.05) is 34.1 Å². The van der Waals surface area contributed by atoms with Gasteiger partial charge in [0.1, 0.15) is 11.6 Å². The Bertz CT molecular complexity index is 508. The van der Waals surface area contributed by atoms with Crippen molar-refractivity contribution in [2.45, 2.75) is 10.6 Å². The first-order chi connectivity index (χ1) is 8.15. The van der Waals surface area contributed by atoms with Gasteiger partial charge in [-0.15, -0.1) is 11.8 Å². The van der Waals surface area contributed by atoms with Crippen molar-refractivity contribution in [1.82, 2.24) is 0 Å². The van der Waals surface area contributed by atoms with Crippen LogP contribution in [0.15, 0.2) is 51.8 Å². The lowest BCUT2D eigenvalue weighted by molar-refractivity contribution is 0.577. The Morgan fingerprint density at radius 3 is 2.29 bits per heavy atom. The van der Waals surface area contributed by atoms with Gasteiger partial charge in [0, 0.05) is 21.2 Å². The zero-order chi connectivity index (χ0) is 12.3. The summed E-state index contributed by atoms with van der Waals surface area (Å²) < 4.78 is 26.9. The standard InChI is InChI=1S/C13H9BrF2S/c14-13-4-2-1-3-9(13)8-17-12-6-10(15)5-11(16)7-12/h1-7H,8H2. The molecule has 0 spiro atoms. The highest BCUT2D eigenvalue weighted by Crippen LogP contribution is 2.27. The first kappa shape index (κ1) is 12.6. The first-order valence-corrected chi connectivity index (χ1v) is 6.75. The smallest absolute Gasteiger partial charge is 0.127 e. The Kier molecular flexibility index (Phi) is 4.18. The molecule has 0 aliphatic carbocycles. The van der Waals surface area contributed by atoms with Gasteiger partial charge >= 0.3 is 0 Å². The van der Waals surface area contributed by atoms with Crippen LogP contribution in [0.2, 0.25) is 0 Å². The molecule has 0 aromatic heterocycles. The van der Waals surface area contributed by atoms with Crippen molar-refractivity contribution in [3.63, 3.8) is 0 Å². The normalized spacial score (nSPS) is 10.5. The number of thioether (sulfide) groups is 1. The molecule has 0 N–H and O–H groups in total. The molecule has 17 heavy (non-hydrogen) atoms. The lowest BCUT2D eigenvalue weighted by Crippen LogP contribution is -1.85. The van der Waals surface area contributed by atoms with E-state index in [0.29, 0.717) is 10.6 Å². The van der Waals surface area contributed by atoms with Gasteiger partial charge in [-0.25, -0.2) is 8.78 Å². The average Bonchev–Trinajstić information content (AvgIpc) is 2.27. The van der Waals surface area contributed by atoms with Gasteiger partial charge in [0.05, 0.1) is 0 Å². The van der Waals surface area contributed by atoms with E-state index in [1.54, 1.807) is 0 Å². The van der Waals surface area contributed by atoms with Crippen molar-refractivity contribution in [2.75, 3.05) is 0 Å². The molecule has 0 heterocycles. The minimum Gasteiger partial charge on any atom is -0.207 e. The number of hydrogen-bond donors (Lipinski definition) is 0. The molecule has 2 rings (SSSR count). The molecule has 0 atom stereocenters. The molecule has 0 bridgehead atoms. The van der Waals surface area contributed by atoms with E-state index >= 15 is 0 Å². The molecule has 0 saturated heterocycles. The molecule has 0 fully saturated rings. The molecule has 88 valence electrons. The minimum atomic E-state index is -0.542. The fourth-order valence-corrected chi connectivity index (χ4v) is 2.96. The predicted molar refractivity (Wildman–Crippen MR) is 70.1 cm³/mol. The maximum atomic E-state index is 13.0. The van der Waals surface area contributed by atoms with Crippen LogP contribution in [-0.2, 0) is 5.75 Å². The summed E-state index contributed by atoms with van der Waals surface area (Å²) >= 11 is 4.84. The van der Waals surface area contributed by atoms with E-state index < -0.39 is 11.6 Å². The maximum absolute atomic E-state index is 13.0. The Morgan fingerprint density at radius 2 is 1.65 bits per heavy atom. The van der Waals surface area contributed by atoms with Crippen LogP contribution >= 0.6 is 27.7 Å². The predicted octanol–water partition coefficient (Wildman–Crippen LogP) is 5.02. The highest BCUT2D eigenvalue weighted by Gasteiger charge is 2.03. The zero-order valence-electron chi connectivity index (χ0n) is 8.79. The third-order valence-electron chi connectivity index (χ3n) is 2.19. The van der Waals surface area contributed by atoms with Gasteiger partial charge in [0.2, 0.25) is 0 Å². The molecule has 0 unspecified atom stereocenters. The summed E-state index contributed by atoms with van der Waals surface area (Å²) in [6.45, 7) is 0. The van der Waals surface area contributed by atoms with Gasteiger partial charge in [0.25, 0.3) is 0 Å². The molecule has 0 aliphatic heterocycles. The quantitative estimate of drug-likeness (QED) is 0.717. The molecule has 0 aliphatic rings. The summed E-state index contributed by atoms with van der Waals surface area (Å²) in [5, 5.41) is 0. The van der Waals surface area contributed by atoms with Crippen LogP contribution in [0.25, 0.3) is 0 Å². The summed E-state index contributed by atoms with van der Waals surface area (Å²) in [6, 6.07) is 11.3. The van der Waals surface area contributed by atoms with E-state index in [0.717, 1.165) is 16.1 Å². The number of benzene rings is 2. The van der Waals surface area contributed by atoms with Crippen LogP contribution in [0, 0.1) is 11.6 Å². The Hall–Kier alpha value is -0.870. The molecule has 0 saturated carbocycles. The fourth-order valence-electron chi connectivity index (χ4n) is 1.39. The summed E-state index contributed by atoms with van der Waals surface area (Å²) in [7, 11) is 0. The van der Waals surface area contributed by atoms with E-state index in [1.165, 1.54) is 23.9 Å². The highest BCUT2D eigenvalue weighted by molar-refractivity contribution is 9.10. The van der Waals surface area contributed by atoms with Crippen molar-refractivity contribution in [2.24, 2.45) is 0 Å². The number of rotatable bonds is 3. The van der Waals surface area contributed by atoms with Gasteiger partial charge in [-0.3, -0.25) is 0 Å². The van der Waals surface area contributed by atoms with Crippen LogP contribution in [0.3, 0.4) is 0 Å². The van der Waals surface area contributed by atoms with Crippen molar-refractivity contribution in [1.29, 1.82) is 0 Å². The van der Waals surface area contributed by atoms with Crippen molar-refractivity contribution < 1.29 is 8.78 Å².